The van der Waals surface area contributed by atoms with Crippen LogP contribution in [0, 0.1) is 0 Å². The van der Waals surface area contributed by atoms with Gasteiger partial charge in [-0.1, -0.05) is 5.16 Å². The highest BCUT2D eigenvalue weighted by atomic mass is 19.4. The topological polar surface area (TPSA) is 103 Å². The summed E-state index contributed by atoms with van der Waals surface area (Å²) in [4.78, 5) is 20.8. The van der Waals surface area contributed by atoms with Crippen LogP contribution in [0.5, 0.6) is 5.75 Å². The van der Waals surface area contributed by atoms with Gasteiger partial charge < -0.3 is 18.9 Å². The fourth-order valence-corrected chi connectivity index (χ4v) is 3.15. The Balaban J connectivity index is 1.57. The lowest BCUT2D eigenvalue weighted by Crippen LogP contribution is -2.21. The summed E-state index contributed by atoms with van der Waals surface area (Å²) in [6.07, 6.45) is -1.66. The minimum atomic E-state index is -4.78. The molecule has 176 valence electrons. The van der Waals surface area contributed by atoms with Gasteiger partial charge in [0.05, 0.1) is 17.8 Å². The molecule has 3 aromatic heterocycles. The first-order valence-corrected chi connectivity index (χ1v) is 10.1. The Hall–Kier alpha value is -3.99. The highest BCUT2D eigenvalue weighted by molar-refractivity contribution is 5.59. The van der Waals surface area contributed by atoms with E-state index in [9.17, 15) is 23.1 Å². The van der Waals surface area contributed by atoms with Crippen LogP contribution in [0.25, 0.3) is 22.8 Å². The summed E-state index contributed by atoms with van der Waals surface area (Å²) >= 11 is 0. The average molecular weight is 472 g/mol. The van der Waals surface area contributed by atoms with E-state index in [0.29, 0.717) is 16.8 Å². The van der Waals surface area contributed by atoms with E-state index >= 15 is 0 Å². The first-order valence-electron chi connectivity index (χ1n) is 10.1. The molecule has 0 aliphatic rings. The monoisotopic (exact) mass is 472 g/mol. The Morgan fingerprint density at radius 1 is 1.06 bits per heavy atom. The molecule has 0 saturated heterocycles. The van der Waals surface area contributed by atoms with Crippen LogP contribution in [-0.2, 0) is 12.1 Å². The summed E-state index contributed by atoms with van der Waals surface area (Å²) in [6, 6.07) is 11.4. The Bertz CT molecular complexity index is 1360. The molecule has 0 fully saturated rings. The van der Waals surface area contributed by atoms with Crippen LogP contribution in [0.1, 0.15) is 25.1 Å². The second-order valence-electron chi connectivity index (χ2n) is 7.99. The van der Waals surface area contributed by atoms with Crippen molar-refractivity contribution in [3.05, 3.63) is 82.5 Å². The molecule has 0 aliphatic heterocycles. The molecule has 0 spiro atoms. The molecule has 34 heavy (non-hydrogen) atoms. The minimum Gasteiger partial charge on any atom is -0.406 e. The van der Waals surface area contributed by atoms with Crippen molar-refractivity contribution in [1.29, 1.82) is 0 Å². The summed E-state index contributed by atoms with van der Waals surface area (Å²) in [5, 5.41) is 14.0. The van der Waals surface area contributed by atoms with Crippen molar-refractivity contribution in [3.63, 3.8) is 0 Å². The third kappa shape index (κ3) is 5.49. The maximum Gasteiger partial charge on any atom is 0.573 e. The second-order valence-corrected chi connectivity index (χ2v) is 7.99. The summed E-state index contributed by atoms with van der Waals surface area (Å²) in [5.41, 5.74) is 0.757. The molecule has 8 nitrogen and oxygen atoms in total. The third-order valence-electron chi connectivity index (χ3n) is 4.81. The van der Waals surface area contributed by atoms with Crippen LogP contribution in [0.4, 0.5) is 13.2 Å². The van der Waals surface area contributed by atoms with Gasteiger partial charge in [-0.15, -0.1) is 13.2 Å². The standard InChI is InChI=1S/C23H19F3N4O4/c1-22(2,32)18-11-14(9-10-27-18)12-30-13-16(5-8-19(30)31)21-28-20(29-34-21)15-3-6-17(7-4-15)33-23(24,25)26/h3-11,13,32H,12H2,1-2H3. The van der Waals surface area contributed by atoms with E-state index < -0.39 is 12.0 Å². The molecule has 3 heterocycles. The Morgan fingerprint density at radius 3 is 2.44 bits per heavy atom. The van der Waals surface area contributed by atoms with Gasteiger partial charge in [0.25, 0.3) is 11.4 Å². The first kappa shape index (κ1) is 23.2. The molecule has 1 aromatic carbocycles. The van der Waals surface area contributed by atoms with E-state index in [1.165, 1.54) is 28.8 Å². The van der Waals surface area contributed by atoms with Crippen molar-refractivity contribution in [2.24, 2.45) is 0 Å². The lowest BCUT2D eigenvalue weighted by molar-refractivity contribution is -0.274. The van der Waals surface area contributed by atoms with Gasteiger partial charge in [0.15, 0.2) is 0 Å². The molecule has 0 bridgehead atoms. The van der Waals surface area contributed by atoms with Crippen LogP contribution < -0.4 is 10.3 Å². The zero-order chi connectivity index (χ0) is 24.5. The number of halogens is 3. The van der Waals surface area contributed by atoms with Crippen molar-refractivity contribution in [2.75, 3.05) is 0 Å². The molecule has 11 heteroatoms. The third-order valence-corrected chi connectivity index (χ3v) is 4.81. The van der Waals surface area contributed by atoms with E-state index in [2.05, 4.69) is 19.9 Å². The van der Waals surface area contributed by atoms with E-state index in [-0.39, 0.29) is 29.6 Å². The summed E-state index contributed by atoms with van der Waals surface area (Å²) < 4.78 is 47.6. The molecule has 4 rings (SSSR count). The fourth-order valence-electron chi connectivity index (χ4n) is 3.15. The number of aromatic nitrogens is 4. The van der Waals surface area contributed by atoms with Gasteiger partial charge >= 0.3 is 6.36 Å². The predicted octanol–water partition coefficient (Wildman–Crippen LogP) is 4.13. The number of hydrogen-bond acceptors (Lipinski definition) is 7. The molecule has 0 saturated carbocycles. The molecule has 0 amide bonds. The molecule has 0 aliphatic carbocycles. The van der Waals surface area contributed by atoms with Gasteiger partial charge in [0.2, 0.25) is 5.82 Å². The number of rotatable bonds is 6. The maximum absolute atomic E-state index is 12.4. The number of pyridine rings is 2. The minimum absolute atomic E-state index is 0.131. The second kappa shape index (κ2) is 8.75. The predicted molar refractivity (Wildman–Crippen MR) is 115 cm³/mol. The van der Waals surface area contributed by atoms with Gasteiger partial charge in [0, 0.05) is 24.0 Å². The Morgan fingerprint density at radius 2 is 1.76 bits per heavy atom. The van der Waals surface area contributed by atoms with E-state index in [1.807, 2.05) is 0 Å². The first-order chi connectivity index (χ1) is 16.0. The normalized spacial score (nSPS) is 12.1. The van der Waals surface area contributed by atoms with Crippen molar-refractivity contribution < 1.29 is 27.5 Å². The largest absolute Gasteiger partial charge is 0.573 e. The Labute approximate surface area is 191 Å². The van der Waals surface area contributed by atoms with E-state index in [4.69, 9.17) is 4.52 Å². The lowest BCUT2D eigenvalue weighted by atomic mass is 10.0. The number of nitrogens with zero attached hydrogens (tertiary/aromatic N) is 4. The highest BCUT2D eigenvalue weighted by Crippen LogP contribution is 2.27. The molecule has 0 unspecified atom stereocenters. The smallest absolute Gasteiger partial charge is 0.406 e. The maximum atomic E-state index is 12.4. The summed E-state index contributed by atoms with van der Waals surface area (Å²) in [6.45, 7) is 3.46. The van der Waals surface area contributed by atoms with Crippen molar-refractivity contribution in [1.82, 2.24) is 19.7 Å². The van der Waals surface area contributed by atoms with Crippen LogP contribution in [-0.4, -0.2) is 31.2 Å². The molecule has 4 aromatic rings. The summed E-state index contributed by atoms with van der Waals surface area (Å²) in [7, 11) is 0. The van der Waals surface area contributed by atoms with Crippen LogP contribution in [0.2, 0.25) is 0 Å². The van der Waals surface area contributed by atoms with E-state index in [0.717, 1.165) is 17.7 Å². The van der Waals surface area contributed by atoms with Crippen molar-refractivity contribution >= 4 is 0 Å². The number of hydrogen-bond donors (Lipinski definition) is 1. The SMILES string of the molecule is CC(C)(O)c1cc(Cn2cc(-c3nc(-c4ccc(OC(F)(F)F)cc4)no3)ccc2=O)ccn1. The zero-order valence-corrected chi connectivity index (χ0v) is 18.1. The molecule has 1 N–H and O–H groups in total. The van der Waals surface area contributed by atoms with Gasteiger partial charge in [-0.3, -0.25) is 9.78 Å². The van der Waals surface area contributed by atoms with E-state index in [1.54, 1.807) is 38.4 Å². The van der Waals surface area contributed by atoms with Gasteiger partial charge in [0.1, 0.15) is 11.4 Å². The zero-order valence-electron chi connectivity index (χ0n) is 18.1. The average Bonchev–Trinajstić information content (AvgIpc) is 3.25. The highest BCUT2D eigenvalue weighted by Gasteiger charge is 2.31. The number of aliphatic hydroxyl groups is 1. The molecule has 0 atom stereocenters. The number of alkyl halides is 3. The van der Waals surface area contributed by atoms with Crippen molar-refractivity contribution in [3.8, 4) is 28.6 Å². The lowest BCUT2D eigenvalue weighted by Gasteiger charge is -2.17. The van der Waals surface area contributed by atoms with Gasteiger partial charge in [-0.2, -0.15) is 4.98 Å². The fraction of sp³-hybridized carbons (Fsp3) is 0.217. The molecule has 0 radical (unpaired) electrons. The summed E-state index contributed by atoms with van der Waals surface area (Å²) in [5.74, 6) is -0.0718. The Kier molecular flexibility index (Phi) is 5.96. The van der Waals surface area contributed by atoms with Crippen LogP contribution in [0.3, 0.4) is 0 Å². The van der Waals surface area contributed by atoms with Crippen LogP contribution >= 0.6 is 0 Å². The number of ether oxygens (including phenoxy) is 1. The molecular weight excluding hydrogens is 453 g/mol. The van der Waals surface area contributed by atoms with Crippen molar-refractivity contribution in [2.45, 2.75) is 32.4 Å². The molecular formula is C23H19F3N4O4. The quantitative estimate of drug-likeness (QED) is 0.450. The number of benzene rings is 1. The van der Waals surface area contributed by atoms with Gasteiger partial charge in [-0.05, 0) is 61.9 Å². The van der Waals surface area contributed by atoms with Crippen LogP contribution in [0.15, 0.2) is 70.2 Å². The van der Waals surface area contributed by atoms with Gasteiger partial charge in [-0.25, -0.2) is 0 Å².